The second kappa shape index (κ2) is 4.58. The molecule has 0 bridgehead atoms. The molecule has 0 radical (unpaired) electrons. The number of rotatable bonds is 2. The Morgan fingerprint density at radius 2 is 1.44 bits per heavy atom. The number of nitrogens with zero attached hydrogens (tertiary/aromatic N) is 1. The van der Waals surface area contributed by atoms with Gasteiger partial charge in [-0.15, -0.1) is 0 Å². The highest BCUT2D eigenvalue weighted by atomic mass is 79.9. The minimum Gasteiger partial charge on any atom is -0.302 e. The lowest BCUT2D eigenvalue weighted by Gasteiger charge is -2.44. The summed E-state index contributed by atoms with van der Waals surface area (Å²) in [4.78, 5) is 13.7. The molecule has 3 heteroatoms. The summed E-state index contributed by atoms with van der Waals surface area (Å²) in [5.41, 5.74) is 2.11. The van der Waals surface area contributed by atoms with Crippen molar-refractivity contribution >= 4 is 27.5 Å². The Hall–Kier alpha value is -1.61. The maximum atomic E-state index is 12.0. The normalized spacial score (nSPS) is 22.7. The fourth-order valence-corrected chi connectivity index (χ4v) is 3.06. The second-order valence-corrected chi connectivity index (χ2v) is 5.29. The van der Waals surface area contributed by atoms with Crippen molar-refractivity contribution in [3.8, 4) is 0 Å². The molecule has 1 amide bonds. The second-order valence-electron chi connectivity index (χ2n) is 4.30. The van der Waals surface area contributed by atoms with Crippen LogP contribution in [0.4, 0.5) is 5.69 Å². The maximum Gasteiger partial charge on any atom is 0.243 e. The van der Waals surface area contributed by atoms with Gasteiger partial charge in [0.1, 0.15) is 4.83 Å². The van der Waals surface area contributed by atoms with E-state index in [-0.39, 0.29) is 16.8 Å². The largest absolute Gasteiger partial charge is 0.302 e. The predicted molar refractivity (Wildman–Crippen MR) is 75.8 cm³/mol. The number of carbonyl (C=O) groups is 1. The van der Waals surface area contributed by atoms with Gasteiger partial charge in [-0.3, -0.25) is 4.79 Å². The first-order chi connectivity index (χ1) is 8.79. The molecule has 0 N–H and O–H groups in total. The van der Waals surface area contributed by atoms with Crippen LogP contribution in [0.1, 0.15) is 11.6 Å². The van der Waals surface area contributed by atoms with Crippen molar-refractivity contribution in [3.63, 3.8) is 0 Å². The van der Waals surface area contributed by atoms with E-state index in [1.807, 2.05) is 53.4 Å². The van der Waals surface area contributed by atoms with E-state index in [1.165, 1.54) is 0 Å². The molecule has 18 heavy (non-hydrogen) atoms. The average molecular weight is 302 g/mol. The van der Waals surface area contributed by atoms with Gasteiger partial charge in [0.05, 0.1) is 6.04 Å². The van der Waals surface area contributed by atoms with Gasteiger partial charge in [-0.05, 0) is 17.7 Å². The van der Waals surface area contributed by atoms with E-state index >= 15 is 0 Å². The molecule has 1 saturated heterocycles. The first-order valence-corrected chi connectivity index (χ1v) is 6.78. The van der Waals surface area contributed by atoms with Crippen LogP contribution in [0.3, 0.4) is 0 Å². The third-order valence-corrected chi connectivity index (χ3v) is 4.10. The number of para-hydroxylation sites is 1. The van der Waals surface area contributed by atoms with Gasteiger partial charge in [-0.2, -0.15) is 0 Å². The van der Waals surface area contributed by atoms with Gasteiger partial charge in [-0.1, -0.05) is 64.5 Å². The number of halogens is 1. The number of benzene rings is 2. The smallest absolute Gasteiger partial charge is 0.243 e. The average Bonchev–Trinajstić information content (AvgIpc) is 2.45. The van der Waals surface area contributed by atoms with E-state index in [9.17, 15) is 4.79 Å². The topological polar surface area (TPSA) is 20.3 Å². The Kier molecular flexibility index (Phi) is 2.92. The van der Waals surface area contributed by atoms with E-state index in [2.05, 4.69) is 28.1 Å². The Bertz CT molecular complexity index is 555. The molecule has 90 valence electrons. The van der Waals surface area contributed by atoms with Gasteiger partial charge in [0, 0.05) is 5.69 Å². The van der Waals surface area contributed by atoms with Crippen LogP contribution in [0.5, 0.6) is 0 Å². The molecule has 0 aromatic heterocycles. The minimum atomic E-state index is -0.125. The lowest BCUT2D eigenvalue weighted by atomic mass is 9.93. The van der Waals surface area contributed by atoms with Gasteiger partial charge in [-0.25, -0.2) is 0 Å². The summed E-state index contributed by atoms with van der Waals surface area (Å²) >= 11 is 3.48. The molecule has 3 rings (SSSR count). The summed E-state index contributed by atoms with van der Waals surface area (Å²) in [7, 11) is 0. The van der Waals surface area contributed by atoms with Crippen molar-refractivity contribution in [2.45, 2.75) is 10.9 Å². The predicted octanol–water partition coefficient (Wildman–Crippen LogP) is 3.54. The number of hydrogen-bond acceptors (Lipinski definition) is 1. The van der Waals surface area contributed by atoms with Crippen LogP contribution in [0.25, 0.3) is 0 Å². The van der Waals surface area contributed by atoms with Crippen LogP contribution in [-0.2, 0) is 4.79 Å². The number of anilines is 1. The van der Waals surface area contributed by atoms with E-state index in [0.717, 1.165) is 11.3 Å². The highest BCUT2D eigenvalue weighted by Crippen LogP contribution is 2.42. The first-order valence-electron chi connectivity index (χ1n) is 5.86. The number of β-lactam (4-membered cyclic amide) rings is 1. The van der Waals surface area contributed by atoms with Gasteiger partial charge < -0.3 is 4.90 Å². The molecule has 0 aliphatic carbocycles. The molecule has 1 heterocycles. The number of amides is 1. The van der Waals surface area contributed by atoms with Crippen LogP contribution in [-0.4, -0.2) is 10.7 Å². The van der Waals surface area contributed by atoms with Crippen LogP contribution >= 0.6 is 15.9 Å². The summed E-state index contributed by atoms with van der Waals surface area (Å²) in [6.07, 6.45) is 0. The van der Waals surface area contributed by atoms with Crippen molar-refractivity contribution in [1.29, 1.82) is 0 Å². The van der Waals surface area contributed by atoms with Crippen LogP contribution in [0.15, 0.2) is 60.7 Å². The van der Waals surface area contributed by atoms with Crippen LogP contribution in [0, 0.1) is 0 Å². The number of hydrogen-bond donors (Lipinski definition) is 0. The SMILES string of the molecule is O=C1[C@@H](Br)[C@H](c2ccccc2)N1c1ccccc1. The summed E-state index contributed by atoms with van der Waals surface area (Å²) in [5.74, 6) is 0.120. The lowest BCUT2D eigenvalue weighted by Crippen LogP contribution is -2.56. The molecule has 2 atom stereocenters. The quantitative estimate of drug-likeness (QED) is 0.614. The lowest BCUT2D eigenvalue weighted by molar-refractivity contribution is -0.123. The van der Waals surface area contributed by atoms with Crippen LogP contribution in [0.2, 0.25) is 0 Å². The summed E-state index contributed by atoms with van der Waals surface area (Å²) in [6.45, 7) is 0. The zero-order valence-corrected chi connectivity index (χ0v) is 11.2. The van der Waals surface area contributed by atoms with Crippen molar-refractivity contribution in [3.05, 3.63) is 66.2 Å². The Morgan fingerprint density at radius 3 is 2.06 bits per heavy atom. The number of carbonyl (C=O) groups excluding carboxylic acids is 1. The van der Waals surface area contributed by atoms with E-state index < -0.39 is 0 Å². The van der Waals surface area contributed by atoms with Crippen molar-refractivity contribution in [2.75, 3.05) is 4.90 Å². The van der Waals surface area contributed by atoms with Gasteiger partial charge in [0.2, 0.25) is 5.91 Å². The fourth-order valence-electron chi connectivity index (χ4n) is 2.30. The summed E-state index contributed by atoms with van der Waals surface area (Å²) in [5, 5.41) is 0. The highest BCUT2D eigenvalue weighted by molar-refractivity contribution is 9.10. The first kappa shape index (κ1) is 11.5. The molecule has 1 fully saturated rings. The van der Waals surface area contributed by atoms with Gasteiger partial charge in [0.25, 0.3) is 0 Å². The number of alkyl halides is 1. The Morgan fingerprint density at radius 1 is 0.889 bits per heavy atom. The van der Waals surface area contributed by atoms with Crippen molar-refractivity contribution < 1.29 is 4.79 Å². The summed E-state index contributed by atoms with van der Waals surface area (Å²) < 4.78 is 0. The standard InChI is InChI=1S/C15H12BrNO/c16-13-14(11-7-3-1-4-8-11)17(15(13)18)12-9-5-2-6-10-12/h1-10,13-14H/t13-,14-/m0/s1. The van der Waals surface area contributed by atoms with Gasteiger partial charge >= 0.3 is 0 Å². The van der Waals surface area contributed by atoms with E-state index in [0.29, 0.717) is 0 Å². The molecule has 2 aromatic rings. The Labute approximate surface area is 114 Å². The monoisotopic (exact) mass is 301 g/mol. The third-order valence-electron chi connectivity index (χ3n) is 3.20. The molecular formula is C15H12BrNO. The molecule has 0 spiro atoms. The fraction of sp³-hybridized carbons (Fsp3) is 0.133. The molecule has 0 saturated carbocycles. The zero-order valence-electron chi connectivity index (χ0n) is 9.66. The van der Waals surface area contributed by atoms with E-state index in [1.54, 1.807) is 0 Å². The van der Waals surface area contributed by atoms with Crippen LogP contribution < -0.4 is 4.90 Å². The maximum absolute atomic E-state index is 12.0. The molecule has 1 aliphatic rings. The van der Waals surface area contributed by atoms with E-state index in [4.69, 9.17) is 0 Å². The minimum absolute atomic E-state index is 0.0844. The molecule has 0 unspecified atom stereocenters. The molecular weight excluding hydrogens is 290 g/mol. The third kappa shape index (κ3) is 1.75. The molecule has 2 aromatic carbocycles. The molecule has 1 aliphatic heterocycles. The summed E-state index contributed by atoms with van der Waals surface area (Å²) in [6, 6.07) is 20.0. The zero-order chi connectivity index (χ0) is 12.5. The Balaban J connectivity index is 1.97. The highest BCUT2D eigenvalue weighted by Gasteiger charge is 2.47. The van der Waals surface area contributed by atoms with Crippen molar-refractivity contribution in [2.24, 2.45) is 0 Å². The van der Waals surface area contributed by atoms with Crippen molar-refractivity contribution in [1.82, 2.24) is 0 Å². The van der Waals surface area contributed by atoms with Gasteiger partial charge in [0.15, 0.2) is 0 Å². The molecule has 2 nitrogen and oxygen atoms in total.